The monoisotopic (exact) mass is 548 g/mol. The maximum absolute atomic E-state index is 13.6. The number of nitrogens with zero attached hydrogens (tertiary/aromatic N) is 2. The highest BCUT2D eigenvalue weighted by Crippen LogP contribution is 2.37. The largest absolute Gasteiger partial charge is 0.507 e. The van der Waals surface area contributed by atoms with Gasteiger partial charge < -0.3 is 14.6 Å². The zero-order valence-corrected chi connectivity index (χ0v) is 20.9. The zero-order valence-electron chi connectivity index (χ0n) is 17.8. The minimum Gasteiger partial charge on any atom is -0.507 e. The number of carbonyl (C=O) groups excluding carboxylic acids is 1. The van der Waals surface area contributed by atoms with Crippen LogP contribution in [0.25, 0.3) is 6.08 Å². The van der Waals surface area contributed by atoms with Gasteiger partial charge in [-0.05, 0) is 64.8 Å². The number of fused-ring (bicyclic) bond motifs is 1. The van der Waals surface area contributed by atoms with Gasteiger partial charge in [0.2, 0.25) is 0 Å². The van der Waals surface area contributed by atoms with Crippen LogP contribution in [0.3, 0.4) is 0 Å². The van der Waals surface area contributed by atoms with Crippen LogP contribution in [0.5, 0.6) is 11.5 Å². The van der Waals surface area contributed by atoms with Crippen molar-refractivity contribution >= 4 is 50.9 Å². The smallest absolute Gasteiger partial charge is 0.338 e. The normalized spacial score (nSPS) is 15.8. The first-order chi connectivity index (χ1) is 15.7. The topological polar surface area (TPSA) is 90.1 Å². The molecule has 0 aliphatic carbocycles. The Hall–Kier alpha value is -2.88. The molecule has 1 N–H and O–H groups in total. The molecule has 0 saturated carbocycles. The van der Waals surface area contributed by atoms with Gasteiger partial charge >= 0.3 is 5.97 Å². The fourth-order valence-electron chi connectivity index (χ4n) is 3.67. The zero-order chi connectivity index (χ0) is 23.9. The Morgan fingerprint density at radius 1 is 1.27 bits per heavy atom. The summed E-state index contributed by atoms with van der Waals surface area (Å²) in [5, 5.41) is 10.2. The maximum atomic E-state index is 13.6. The number of esters is 1. The van der Waals surface area contributed by atoms with Gasteiger partial charge in [0.15, 0.2) is 4.80 Å². The lowest BCUT2D eigenvalue weighted by molar-refractivity contribution is -0.136. The number of allylic oxidation sites excluding steroid dienone is 1. The van der Waals surface area contributed by atoms with Crippen LogP contribution < -0.4 is 19.6 Å². The minimum absolute atomic E-state index is 0.0972. The molecule has 0 saturated heterocycles. The van der Waals surface area contributed by atoms with E-state index in [1.165, 1.54) is 36.2 Å². The molecule has 170 valence electrons. The van der Waals surface area contributed by atoms with E-state index >= 15 is 0 Å². The van der Waals surface area contributed by atoms with Gasteiger partial charge in [0, 0.05) is 10.6 Å². The lowest BCUT2D eigenvalue weighted by atomic mass is 9.95. The number of carbonyl (C=O) groups is 1. The molecule has 1 aromatic heterocycles. The third-order valence-electron chi connectivity index (χ3n) is 5.18. The summed E-state index contributed by atoms with van der Waals surface area (Å²) in [7, 11) is 2.79. The average Bonchev–Trinajstić information content (AvgIpc) is 3.09. The highest BCUT2D eigenvalue weighted by Gasteiger charge is 2.35. The number of phenolic OH excluding ortho intramolecular Hbond substituents is 1. The Morgan fingerprint density at radius 2 is 2.03 bits per heavy atom. The molecule has 0 spiro atoms. The molecule has 0 radical (unpaired) electrons. The number of thiazole rings is 1. The summed E-state index contributed by atoms with van der Waals surface area (Å²) >= 11 is 10.8. The number of ether oxygens (including phenoxy) is 2. The molecule has 0 bridgehead atoms. The maximum Gasteiger partial charge on any atom is 0.338 e. The van der Waals surface area contributed by atoms with Crippen molar-refractivity contribution in [2.75, 3.05) is 14.2 Å². The highest BCUT2D eigenvalue weighted by atomic mass is 79.9. The molecule has 0 fully saturated rings. The molecule has 4 rings (SSSR count). The minimum atomic E-state index is -0.837. The van der Waals surface area contributed by atoms with Crippen molar-refractivity contribution in [2.24, 2.45) is 4.99 Å². The SMILES string of the molecule is COC(=O)C1=C(C)N=c2s/c(=C\c3ccc(O)c(Br)c3)c(=O)n2[C@H]1c1cc(Cl)ccc1OC. The molecule has 3 aromatic rings. The highest BCUT2D eigenvalue weighted by molar-refractivity contribution is 9.10. The number of aromatic hydroxyl groups is 1. The Bertz CT molecular complexity index is 1490. The molecular formula is C23H18BrClN2O5S. The Balaban J connectivity index is 2.02. The first kappa shape index (κ1) is 23.3. The standard InChI is InChI=1S/C23H18BrClN2O5S/c1-11-19(22(30)32-3)20(14-10-13(25)5-7-17(14)31-2)27-21(29)18(33-23(27)26-11)9-12-4-6-16(28)15(24)8-12/h4-10,20,28H,1-3H3/b18-9-/t20-/m0/s1. The average molecular weight is 550 g/mol. The van der Waals surface area contributed by atoms with Crippen molar-refractivity contribution in [2.45, 2.75) is 13.0 Å². The summed E-state index contributed by atoms with van der Waals surface area (Å²) < 4.78 is 12.9. The fourth-order valence-corrected chi connectivity index (χ4v) is 5.29. The van der Waals surface area contributed by atoms with Crippen LogP contribution in [-0.4, -0.2) is 29.9 Å². The van der Waals surface area contributed by atoms with E-state index in [0.717, 1.165) is 0 Å². The number of hydrogen-bond acceptors (Lipinski definition) is 7. The molecular weight excluding hydrogens is 532 g/mol. The van der Waals surface area contributed by atoms with E-state index in [-0.39, 0.29) is 16.9 Å². The van der Waals surface area contributed by atoms with Crippen LogP contribution in [0.1, 0.15) is 24.1 Å². The number of methoxy groups -OCH3 is 2. The lowest BCUT2D eigenvalue weighted by Gasteiger charge is -2.25. The number of phenols is 1. The fraction of sp³-hybridized carbons (Fsp3) is 0.174. The lowest BCUT2D eigenvalue weighted by Crippen LogP contribution is -2.40. The van der Waals surface area contributed by atoms with Gasteiger partial charge in [-0.25, -0.2) is 9.79 Å². The van der Waals surface area contributed by atoms with Crippen LogP contribution in [-0.2, 0) is 9.53 Å². The molecule has 10 heteroatoms. The Kier molecular flexibility index (Phi) is 6.47. The van der Waals surface area contributed by atoms with Gasteiger partial charge in [-0.2, -0.15) is 0 Å². The van der Waals surface area contributed by atoms with Crippen molar-refractivity contribution < 1.29 is 19.4 Å². The van der Waals surface area contributed by atoms with Gasteiger partial charge in [-0.3, -0.25) is 9.36 Å². The van der Waals surface area contributed by atoms with E-state index in [2.05, 4.69) is 20.9 Å². The summed E-state index contributed by atoms with van der Waals surface area (Å²) in [4.78, 5) is 31.3. The van der Waals surface area contributed by atoms with Gasteiger partial charge in [-0.1, -0.05) is 29.0 Å². The first-order valence-electron chi connectivity index (χ1n) is 9.68. The summed E-state index contributed by atoms with van der Waals surface area (Å²) in [6.45, 7) is 1.70. The van der Waals surface area contributed by atoms with Crippen molar-refractivity contribution in [3.8, 4) is 11.5 Å². The van der Waals surface area contributed by atoms with Crippen molar-refractivity contribution in [3.63, 3.8) is 0 Å². The second kappa shape index (κ2) is 9.17. The van der Waals surface area contributed by atoms with E-state index in [1.807, 2.05) is 0 Å². The summed E-state index contributed by atoms with van der Waals surface area (Å²) in [6, 6.07) is 9.12. The van der Waals surface area contributed by atoms with Crippen LogP contribution in [0, 0.1) is 0 Å². The van der Waals surface area contributed by atoms with Crippen LogP contribution in [0.15, 0.2) is 61.9 Å². The first-order valence-corrected chi connectivity index (χ1v) is 11.7. The Labute approximate surface area is 206 Å². The summed E-state index contributed by atoms with van der Waals surface area (Å²) in [5.41, 5.74) is 1.59. The summed E-state index contributed by atoms with van der Waals surface area (Å²) in [6.07, 6.45) is 1.71. The van der Waals surface area contributed by atoms with Gasteiger partial charge in [-0.15, -0.1) is 0 Å². The van der Waals surface area contributed by atoms with Crippen molar-refractivity contribution in [3.05, 3.63) is 88.0 Å². The van der Waals surface area contributed by atoms with E-state index in [9.17, 15) is 14.7 Å². The molecule has 7 nitrogen and oxygen atoms in total. The van der Waals surface area contributed by atoms with E-state index < -0.39 is 12.0 Å². The number of benzene rings is 2. The third kappa shape index (κ3) is 4.23. The van der Waals surface area contributed by atoms with Crippen molar-refractivity contribution in [1.82, 2.24) is 4.57 Å². The number of rotatable bonds is 4. The number of halogens is 2. The molecule has 2 heterocycles. The number of aromatic nitrogens is 1. The molecule has 0 unspecified atom stereocenters. The quantitative estimate of drug-likeness (QED) is 0.503. The molecule has 2 aromatic carbocycles. The second-order valence-electron chi connectivity index (χ2n) is 7.17. The third-order valence-corrected chi connectivity index (χ3v) is 7.04. The molecule has 33 heavy (non-hydrogen) atoms. The van der Waals surface area contributed by atoms with E-state index in [4.69, 9.17) is 21.1 Å². The van der Waals surface area contributed by atoms with Crippen LogP contribution in [0.4, 0.5) is 0 Å². The predicted octanol–water partition coefficient (Wildman–Crippen LogP) is 3.54. The van der Waals surface area contributed by atoms with E-state index in [1.54, 1.807) is 43.3 Å². The molecule has 0 amide bonds. The van der Waals surface area contributed by atoms with Gasteiger partial charge in [0.05, 0.1) is 34.5 Å². The number of hydrogen-bond donors (Lipinski definition) is 1. The van der Waals surface area contributed by atoms with Gasteiger partial charge in [0.1, 0.15) is 17.5 Å². The summed E-state index contributed by atoms with van der Waals surface area (Å²) in [5.74, 6) is -0.0300. The molecule has 1 aliphatic rings. The Morgan fingerprint density at radius 3 is 2.70 bits per heavy atom. The van der Waals surface area contributed by atoms with E-state index in [0.29, 0.717) is 41.4 Å². The molecule has 1 aliphatic heterocycles. The van der Waals surface area contributed by atoms with Crippen molar-refractivity contribution in [1.29, 1.82) is 0 Å². The van der Waals surface area contributed by atoms with Crippen LogP contribution >= 0.6 is 38.9 Å². The predicted molar refractivity (Wildman–Crippen MR) is 130 cm³/mol. The van der Waals surface area contributed by atoms with Crippen LogP contribution in [0.2, 0.25) is 5.02 Å². The molecule has 1 atom stereocenters. The van der Waals surface area contributed by atoms with Gasteiger partial charge in [0.25, 0.3) is 5.56 Å². The second-order valence-corrected chi connectivity index (χ2v) is 9.47.